The van der Waals surface area contributed by atoms with E-state index < -0.39 is 0 Å². The van der Waals surface area contributed by atoms with Gasteiger partial charge in [0.1, 0.15) is 11.6 Å². The van der Waals surface area contributed by atoms with Gasteiger partial charge in [0.05, 0.1) is 11.6 Å². The van der Waals surface area contributed by atoms with E-state index in [1.807, 2.05) is 6.07 Å². The van der Waals surface area contributed by atoms with Crippen LogP contribution >= 0.6 is 11.3 Å². The fourth-order valence-corrected chi connectivity index (χ4v) is 3.04. The van der Waals surface area contributed by atoms with Gasteiger partial charge in [-0.3, -0.25) is 10.1 Å². The van der Waals surface area contributed by atoms with Gasteiger partial charge in [0.25, 0.3) is 5.91 Å². The van der Waals surface area contributed by atoms with Crippen LogP contribution in [0.25, 0.3) is 0 Å². The number of hydrogen-bond donors (Lipinski definition) is 1. The normalized spacial score (nSPS) is 10.2. The predicted octanol–water partition coefficient (Wildman–Crippen LogP) is 3.76. The van der Waals surface area contributed by atoms with Crippen LogP contribution in [0.3, 0.4) is 0 Å². The number of benzene rings is 2. The smallest absolute Gasteiger partial charge is 0.264 e. The van der Waals surface area contributed by atoms with Crippen LogP contribution in [0.1, 0.15) is 16.0 Å². The maximum Gasteiger partial charge on any atom is 0.264 e. The van der Waals surface area contributed by atoms with Crippen molar-refractivity contribution < 1.29 is 13.9 Å². The summed E-state index contributed by atoms with van der Waals surface area (Å²) in [5.74, 6) is -0.0828. The molecule has 1 amide bonds. The zero-order valence-corrected chi connectivity index (χ0v) is 14.4. The molecular formula is C19H14FN3O2S. The van der Waals surface area contributed by atoms with Gasteiger partial charge in [0.15, 0.2) is 11.7 Å². The number of carbonyl (C=O) groups excluding carboxylic acids is 1. The Balaban J connectivity index is 1.50. The molecule has 0 saturated heterocycles. The Morgan fingerprint density at radius 1 is 1.19 bits per heavy atom. The van der Waals surface area contributed by atoms with Crippen LogP contribution in [0.5, 0.6) is 5.75 Å². The molecule has 0 radical (unpaired) electrons. The molecule has 1 aromatic heterocycles. The topological polar surface area (TPSA) is 75.0 Å². The van der Waals surface area contributed by atoms with E-state index in [1.165, 1.54) is 23.5 Å². The number of nitrogens with one attached hydrogen (secondary N) is 1. The van der Waals surface area contributed by atoms with Crippen LogP contribution in [0.2, 0.25) is 0 Å². The highest BCUT2D eigenvalue weighted by molar-refractivity contribution is 7.15. The summed E-state index contributed by atoms with van der Waals surface area (Å²) < 4.78 is 18.3. The zero-order chi connectivity index (χ0) is 18.4. The van der Waals surface area contributed by atoms with Gasteiger partial charge in [-0.1, -0.05) is 12.1 Å². The molecule has 0 atom stereocenters. The van der Waals surface area contributed by atoms with Gasteiger partial charge in [-0.15, -0.1) is 11.3 Å². The average molecular weight is 367 g/mol. The van der Waals surface area contributed by atoms with E-state index in [0.717, 1.165) is 10.4 Å². The summed E-state index contributed by atoms with van der Waals surface area (Å²) in [4.78, 5) is 17.1. The first kappa shape index (κ1) is 17.6. The number of aromatic nitrogens is 1. The Morgan fingerprint density at radius 2 is 1.92 bits per heavy atom. The summed E-state index contributed by atoms with van der Waals surface area (Å²) in [5, 5.41) is 11.9. The first-order valence-corrected chi connectivity index (χ1v) is 8.56. The molecule has 0 unspecified atom stereocenters. The number of halogens is 1. The standard InChI is InChI=1S/C19H14FN3O2S/c20-15-5-1-13(2-6-15)9-17-11-22-19(26-17)23-18(24)12-25-16-7-3-14(10-21)4-8-16/h1-8,11H,9,12H2,(H,22,23,24). The number of rotatable bonds is 6. The monoisotopic (exact) mass is 367 g/mol. The van der Waals surface area contributed by atoms with Crippen molar-refractivity contribution in [3.63, 3.8) is 0 Å². The first-order chi connectivity index (χ1) is 12.6. The van der Waals surface area contributed by atoms with E-state index in [-0.39, 0.29) is 18.3 Å². The molecule has 0 fully saturated rings. The van der Waals surface area contributed by atoms with E-state index in [0.29, 0.717) is 22.9 Å². The van der Waals surface area contributed by atoms with Crippen LogP contribution in [0, 0.1) is 17.1 Å². The Hall–Kier alpha value is -3.24. The Kier molecular flexibility index (Phi) is 5.56. The van der Waals surface area contributed by atoms with Gasteiger partial charge in [-0.05, 0) is 42.0 Å². The maximum absolute atomic E-state index is 12.9. The molecule has 1 heterocycles. The van der Waals surface area contributed by atoms with Crippen LogP contribution in [0.15, 0.2) is 54.7 Å². The minimum atomic E-state index is -0.322. The second kappa shape index (κ2) is 8.23. The number of thiazole rings is 1. The first-order valence-electron chi connectivity index (χ1n) is 7.74. The lowest BCUT2D eigenvalue weighted by Gasteiger charge is -2.05. The summed E-state index contributed by atoms with van der Waals surface area (Å²) in [6.07, 6.45) is 2.31. The number of nitriles is 1. The molecule has 26 heavy (non-hydrogen) atoms. The molecule has 3 aromatic rings. The zero-order valence-electron chi connectivity index (χ0n) is 13.6. The van der Waals surface area contributed by atoms with Crippen molar-refractivity contribution in [2.24, 2.45) is 0 Å². The molecule has 130 valence electrons. The lowest BCUT2D eigenvalue weighted by Crippen LogP contribution is -2.19. The summed E-state index contributed by atoms with van der Waals surface area (Å²) in [7, 11) is 0. The van der Waals surface area contributed by atoms with E-state index >= 15 is 0 Å². The average Bonchev–Trinajstić information content (AvgIpc) is 3.09. The molecule has 0 aliphatic rings. The van der Waals surface area contributed by atoms with Crippen LogP contribution in [-0.4, -0.2) is 17.5 Å². The largest absolute Gasteiger partial charge is 0.484 e. The number of carbonyl (C=O) groups is 1. The Bertz CT molecular complexity index is 931. The van der Waals surface area contributed by atoms with Crippen molar-refractivity contribution in [3.8, 4) is 11.8 Å². The summed E-state index contributed by atoms with van der Waals surface area (Å²) in [5.41, 5.74) is 1.50. The van der Waals surface area contributed by atoms with Crippen LogP contribution < -0.4 is 10.1 Å². The number of nitrogens with zero attached hydrogens (tertiary/aromatic N) is 2. The van der Waals surface area contributed by atoms with Crippen LogP contribution in [0.4, 0.5) is 9.52 Å². The summed E-state index contributed by atoms with van der Waals surface area (Å²) in [6, 6.07) is 14.8. The van der Waals surface area contributed by atoms with E-state index in [4.69, 9.17) is 10.00 Å². The van der Waals surface area contributed by atoms with Gasteiger partial charge >= 0.3 is 0 Å². The molecule has 3 rings (SSSR count). The molecule has 2 aromatic carbocycles. The lowest BCUT2D eigenvalue weighted by atomic mass is 10.1. The molecule has 1 N–H and O–H groups in total. The van der Waals surface area contributed by atoms with Gasteiger partial charge < -0.3 is 4.74 Å². The van der Waals surface area contributed by atoms with Gasteiger partial charge in [0, 0.05) is 17.5 Å². The lowest BCUT2D eigenvalue weighted by molar-refractivity contribution is -0.118. The summed E-state index contributed by atoms with van der Waals surface area (Å²) in [6.45, 7) is -0.154. The highest BCUT2D eigenvalue weighted by atomic mass is 32.1. The SMILES string of the molecule is N#Cc1ccc(OCC(=O)Nc2ncc(Cc3ccc(F)cc3)s2)cc1. The van der Waals surface area contributed by atoms with Crippen molar-refractivity contribution in [2.75, 3.05) is 11.9 Å². The van der Waals surface area contributed by atoms with E-state index in [9.17, 15) is 9.18 Å². The number of anilines is 1. The van der Waals surface area contributed by atoms with Gasteiger partial charge in [-0.2, -0.15) is 5.26 Å². The van der Waals surface area contributed by atoms with Crippen LogP contribution in [-0.2, 0) is 11.2 Å². The molecule has 0 aliphatic carbocycles. The number of amides is 1. The van der Waals surface area contributed by atoms with E-state index in [2.05, 4.69) is 10.3 Å². The van der Waals surface area contributed by atoms with Gasteiger partial charge in [0.2, 0.25) is 0 Å². The molecule has 0 spiro atoms. The summed E-state index contributed by atoms with van der Waals surface area (Å²) >= 11 is 1.36. The molecule has 0 saturated carbocycles. The third-order valence-corrected chi connectivity index (χ3v) is 4.36. The third kappa shape index (κ3) is 4.88. The van der Waals surface area contributed by atoms with Crippen molar-refractivity contribution >= 4 is 22.4 Å². The molecule has 7 heteroatoms. The van der Waals surface area contributed by atoms with Gasteiger partial charge in [-0.25, -0.2) is 9.37 Å². The maximum atomic E-state index is 12.9. The minimum Gasteiger partial charge on any atom is -0.484 e. The third-order valence-electron chi connectivity index (χ3n) is 3.44. The van der Waals surface area contributed by atoms with E-state index in [1.54, 1.807) is 42.6 Å². The fraction of sp³-hybridized carbons (Fsp3) is 0.105. The molecule has 5 nitrogen and oxygen atoms in total. The van der Waals surface area contributed by atoms with Crippen molar-refractivity contribution in [1.82, 2.24) is 4.98 Å². The minimum absolute atomic E-state index is 0.154. The molecule has 0 bridgehead atoms. The predicted molar refractivity (Wildman–Crippen MR) is 96.6 cm³/mol. The second-order valence-electron chi connectivity index (χ2n) is 5.41. The van der Waals surface area contributed by atoms with Crippen molar-refractivity contribution in [1.29, 1.82) is 5.26 Å². The van der Waals surface area contributed by atoms with Crippen molar-refractivity contribution in [2.45, 2.75) is 6.42 Å². The highest BCUT2D eigenvalue weighted by Crippen LogP contribution is 2.21. The molecule has 0 aliphatic heterocycles. The highest BCUT2D eigenvalue weighted by Gasteiger charge is 2.08. The fourth-order valence-electron chi connectivity index (χ4n) is 2.18. The van der Waals surface area contributed by atoms with Crippen molar-refractivity contribution in [3.05, 3.63) is 76.5 Å². The Morgan fingerprint density at radius 3 is 2.62 bits per heavy atom. The Labute approximate surface area is 153 Å². The number of hydrogen-bond acceptors (Lipinski definition) is 5. The number of ether oxygens (including phenoxy) is 1. The molecular weight excluding hydrogens is 353 g/mol. The quantitative estimate of drug-likeness (QED) is 0.720. The second-order valence-corrected chi connectivity index (χ2v) is 6.52.